The Morgan fingerprint density at radius 2 is 0.939 bits per heavy atom. The first-order chi connectivity index (χ1) is 16.0. The van der Waals surface area contributed by atoms with Crippen LogP contribution in [0.25, 0.3) is 0 Å². The van der Waals surface area contributed by atoms with E-state index in [4.69, 9.17) is 14.2 Å². The van der Waals surface area contributed by atoms with E-state index in [9.17, 15) is 14.4 Å². The molecular weight excluding hydrogens is 420 g/mol. The molecule has 0 heterocycles. The molecule has 6 nitrogen and oxygen atoms in total. The van der Waals surface area contributed by atoms with E-state index < -0.39 is 18.0 Å². The van der Waals surface area contributed by atoms with Gasteiger partial charge in [0.15, 0.2) is 6.10 Å². The SMILES string of the molecule is CCCCCCCCCCCCCCCCCCCC(=O)OCC(COC(C)=O)OC(C)=O. The largest absolute Gasteiger partial charge is 0.462 e. The van der Waals surface area contributed by atoms with Gasteiger partial charge in [0.05, 0.1) is 0 Å². The first-order valence-electron chi connectivity index (χ1n) is 13.4. The molecule has 0 aromatic rings. The summed E-state index contributed by atoms with van der Waals surface area (Å²) in [5, 5.41) is 0. The quantitative estimate of drug-likeness (QED) is 0.0903. The van der Waals surface area contributed by atoms with Crippen LogP contribution in [0.2, 0.25) is 0 Å². The van der Waals surface area contributed by atoms with Gasteiger partial charge < -0.3 is 14.2 Å². The van der Waals surface area contributed by atoms with Crippen molar-refractivity contribution in [2.24, 2.45) is 0 Å². The van der Waals surface area contributed by atoms with Gasteiger partial charge in [-0.05, 0) is 6.42 Å². The zero-order valence-corrected chi connectivity index (χ0v) is 21.7. The van der Waals surface area contributed by atoms with E-state index in [1.807, 2.05) is 0 Å². The lowest BCUT2D eigenvalue weighted by atomic mass is 10.0. The van der Waals surface area contributed by atoms with Crippen LogP contribution in [0.5, 0.6) is 0 Å². The number of hydrogen-bond donors (Lipinski definition) is 0. The van der Waals surface area contributed by atoms with Crippen molar-refractivity contribution in [3.05, 3.63) is 0 Å². The van der Waals surface area contributed by atoms with Crippen LogP contribution >= 0.6 is 0 Å². The predicted octanol–water partition coefficient (Wildman–Crippen LogP) is 7.07. The fraction of sp³-hybridized carbons (Fsp3) is 0.889. The minimum absolute atomic E-state index is 0.0926. The van der Waals surface area contributed by atoms with Gasteiger partial charge in [0.25, 0.3) is 0 Å². The average molecular weight is 471 g/mol. The number of esters is 3. The molecule has 0 rings (SSSR count). The van der Waals surface area contributed by atoms with Crippen LogP contribution in [0.4, 0.5) is 0 Å². The molecule has 0 aliphatic rings. The van der Waals surface area contributed by atoms with Crippen LogP contribution in [0.15, 0.2) is 0 Å². The van der Waals surface area contributed by atoms with Gasteiger partial charge in [-0.15, -0.1) is 0 Å². The van der Waals surface area contributed by atoms with E-state index in [-0.39, 0.29) is 19.2 Å². The maximum absolute atomic E-state index is 11.9. The first-order valence-corrected chi connectivity index (χ1v) is 13.4. The molecule has 33 heavy (non-hydrogen) atoms. The average Bonchev–Trinajstić information content (AvgIpc) is 2.77. The lowest BCUT2D eigenvalue weighted by molar-refractivity contribution is -0.164. The molecule has 0 fully saturated rings. The van der Waals surface area contributed by atoms with Gasteiger partial charge in [0.2, 0.25) is 0 Å². The minimum atomic E-state index is -0.758. The van der Waals surface area contributed by atoms with Crippen molar-refractivity contribution in [3.8, 4) is 0 Å². The van der Waals surface area contributed by atoms with Crippen LogP contribution in [-0.2, 0) is 28.6 Å². The van der Waals surface area contributed by atoms with E-state index >= 15 is 0 Å². The van der Waals surface area contributed by atoms with Crippen LogP contribution in [-0.4, -0.2) is 37.2 Å². The molecule has 0 spiro atoms. The van der Waals surface area contributed by atoms with Crippen LogP contribution < -0.4 is 0 Å². The second kappa shape index (κ2) is 23.6. The summed E-state index contributed by atoms with van der Waals surface area (Å²) in [4.78, 5) is 33.8. The van der Waals surface area contributed by atoms with E-state index in [1.54, 1.807) is 0 Å². The molecule has 194 valence electrons. The summed E-state index contributed by atoms with van der Waals surface area (Å²) in [6.45, 7) is 4.60. The maximum atomic E-state index is 11.9. The molecule has 0 saturated heterocycles. The van der Waals surface area contributed by atoms with E-state index in [1.165, 1.54) is 104 Å². The molecule has 0 radical (unpaired) electrons. The molecule has 0 aromatic carbocycles. The summed E-state index contributed by atoms with van der Waals surface area (Å²) in [6.07, 6.45) is 21.7. The first kappa shape index (κ1) is 31.4. The van der Waals surface area contributed by atoms with Gasteiger partial charge in [0, 0.05) is 20.3 Å². The maximum Gasteiger partial charge on any atom is 0.305 e. The summed E-state index contributed by atoms with van der Waals surface area (Å²) in [5.74, 6) is -1.28. The zero-order valence-electron chi connectivity index (χ0n) is 21.7. The third-order valence-corrected chi connectivity index (χ3v) is 5.72. The molecule has 1 unspecified atom stereocenters. The fourth-order valence-corrected chi connectivity index (χ4v) is 3.81. The molecule has 6 heteroatoms. The Bertz CT molecular complexity index is 491. The molecule has 0 N–H and O–H groups in total. The molecule has 1 atom stereocenters. The Kier molecular flexibility index (Phi) is 22.4. The third kappa shape index (κ3) is 24.9. The number of ether oxygens (including phenoxy) is 3. The summed E-state index contributed by atoms with van der Waals surface area (Å²) in [5.41, 5.74) is 0. The second-order valence-corrected chi connectivity index (χ2v) is 9.12. The lowest BCUT2D eigenvalue weighted by Crippen LogP contribution is -2.29. The zero-order chi connectivity index (χ0) is 24.6. The standard InChI is InChI=1S/C27H50O6/c1-4-5-6-7-8-9-10-11-12-13-14-15-16-17-18-19-20-21-27(30)32-23-26(33-25(3)29)22-31-24(2)28/h26H,4-23H2,1-3H3. The highest BCUT2D eigenvalue weighted by Crippen LogP contribution is 2.14. The topological polar surface area (TPSA) is 78.9 Å². The second-order valence-electron chi connectivity index (χ2n) is 9.12. The van der Waals surface area contributed by atoms with Crippen molar-refractivity contribution in [1.82, 2.24) is 0 Å². The van der Waals surface area contributed by atoms with Crippen molar-refractivity contribution < 1.29 is 28.6 Å². The third-order valence-electron chi connectivity index (χ3n) is 5.72. The Balaban J connectivity index is 3.45. The summed E-state index contributed by atoms with van der Waals surface area (Å²) in [7, 11) is 0. The molecule has 0 aliphatic carbocycles. The molecule has 0 aliphatic heterocycles. The van der Waals surface area contributed by atoms with Crippen molar-refractivity contribution >= 4 is 17.9 Å². The van der Waals surface area contributed by atoms with Crippen molar-refractivity contribution in [2.75, 3.05) is 13.2 Å². The van der Waals surface area contributed by atoms with Gasteiger partial charge in [-0.2, -0.15) is 0 Å². The Hall–Kier alpha value is -1.59. The summed E-state index contributed by atoms with van der Waals surface area (Å²) < 4.78 is 15.0. The minimum Gasteiger partial charge on any atom is -0.462 e. The van der Waals surface area contributed by atoms with Crippen LogP contribution in [0, 0.1) is 0 Å². The molecule has 0 bridgehead atoms. The van der Waals surface area contributed by atoms with Gasteiger partial charge in [0.1, 0.15) is 13.2 Å². The number of hydrogen-bond acceptors (Lipinski definition) is 6. The number of unbranched alkanes of at least 4 members (excludes halogenated alkanes) is 16. The molecular formula is C27H50O6. The number of carbonyl (C=O) groups excluding carboxylic acids is 3. The smallest absolute Gasteiger partial charge is 0.305 e. The van der Waals surface area contributed by atoms with E-state index in [0.717, 1.165) is 19.3 Å². The summed E-state index contributed by atoms with van der Waals surface area (Å²) in [6, 6.07) is 0. The predicted molar refractivity (Wildman–Crippen MR) is 132 cm³/mol. The highest BCUT2D eigenvalue weighted by Gasteiger charge is 2.16. The van der Waals surface area contributed by atoms with E-state index in [2.05, 4.69) is 6.92 Å². The molecule has 0 saturated carbocycles. The van der Waals surface area contributed by atoms with Gasteiger partial charge >= 0.3 is 17.9 Å². The molecule has 0 aromatic heterocycles. The molecule has 0 amide bonds. The van der Waals surface area contributed by atoms with Crippen molar-refractivity contribution in [3.63, 3.8) is 0 Å². The number of carbonyl (C=O) groups is 3. The van der Waals surface area contributed by atoms with Gasteiger partial charge in [-0.3, -0.25) is 14.4 Å². The Morgan fingerprint density at radius 3 is 1.33 bits per heavy atom. The summed E-state index contributed by atoms with van der Waals surface area (Å²) >= 11 is 0. The van der Waals surface area contributed by atoms with Crippen molar-refractivity contribution in [2.45, 2.75) is 142 Å². The van der Waals surface area contributed by atoms with Gasteiger partial charge in [-0.1, -0.05) is 110 Å². The van der Waals surface area contributed by atoms with Crippen LogP contribution in [0.3, 0.4) is 0 Å². The fourth-order valence-electron chi connectivity index (χ4n) is 3.81. The highest BCUT2D eigenvalue weighted by molar-refractivity contribution is 5.69. The Morgan fingerprint density at radius 1 is 0.545 bits per heavy atom. The van der Waals surface area contributed by atoms with E-state index in [0.29, 0.717) is 6.42 Å². The number of rotatable bonds is 23. The highest BCUT2D eigenvalue weighted by atomic mass is 16.6. The van der Waals surface area contributed by atoms with Crippen LogP contribution in [0.1, 0.15) is 136 Å². The van der Waals surface area contributed by atoms with Gasteiger partial charge in [-0.25, -0.2) is 0 Å². The lowest BCUT2D eigenvalue weighted by Gasteiger charge is -2.16. The Labute approximate surface area is 202 Å². The van der Waals surface area contributed by atoms with Crippen molar-refractivity contribution in [1.29, 1.82) is 0 Å². The monoisotopic (exact) mass is 470 g/mol. The normalized spacial score (nSPS) is 11.7.